The molecule has 0 saturated carbocycles. The summed E-state index contributed by atoms with van der Waals surface area (Å²) < 4.78 is 5.17. The Labute approximate surface area is 152 Å². The number of nitrogens with zero attached hydrogens (tertiary/aromatic N) is 2. The third-order valence-corrected chi connectivity index (χ3v) is 5.77. The van der Waals surface area contributed by atoms with Crippen LogP contribution in [0.15, 0.2) is 28.6 Å². The Morgan fingerprint density at radius 2 is 1.96 bits per heavy atom. The van der Waals surface area contributed by atoms with Gasteiger partial charge in [0.1, 0.15) is 0 Å². The third-order valence-electron chi connectivity index (χ3n) is 2.82. The van der Waals surface area contributed by atoms with E-state index in [1.165, 1.54) is 41.3 Å². The second-order valence-corrected chi connectivity index (χ2v) is 7.95. The van der Waals surface area contributed by atoms with Crippen molar-refractivity contribution in [1.82, 2.24) is 10.2 Å². The summed E-state index contributed by atoms with van der Waals surface area (Å²) in [4.78, 5) is 23.0. The second-order valence-electron chi connectivity index (χ2n) is 4.76. The monoisotopic (exact) mass is 383 g/mol. The number of thioether (sulfide) groups is 2. The molecular weight excluding hydrogens is 366 g/mol. The highest BCUT2D eigenvalue weighted by Crippen LogP contribution is 2.25. The number of aromatic nitrogens is 2. The first-order chi connectivity index (χ1) is 11.6. The minimum Gasteiger partial charge on any atom is -0.468 e. The van der Waals surface area contributed by atoms with Gasteiger partial charge in [-0.25, -0.2) is 0 Å². The molecule has 2 rings (SSSR count). The smallest absolute Gasteiger partial charge is 0.316 e. The van der Waals surface area contributed by atoms with Gasteiger partial charge in [0.15, 0.2) is 4.34 Å². The van der Waals surface area contributed by atoms with Crippen LogP contribution in [0.25, 0.3) is 0 Å². The molecule has 128 valence electrons. The van der Waals surface area contributed by atoms with Crippen molar-refractivity contribution in [2.75, 3.05) is 23.9 Å². The summed E-state index contributed by atoms with van der Waals surface area (Å²) >= 11 is 4.01. The van der Waals surface area contributed by atoms with Crippen LogP contribution in [-0.4, -0.2) is 40.7 Å². The van der Waals surface area contributed by atoms with Crippen molar-refractivity contribution in [1.29, 1.82) is 0 Å². The lowest BCUT2D eigenvalue weighted by molar-refractivity contribution is -0.137. The van der Waals surface area contributed by atoms with E-state index in [9.17, 15) is 9.59 Å². The number of hydrogen-bond acceptors (Lipinski definition) is 8. The molecule has 1 amide bonds. The number of esters is 1. The molecule has 0 saturated heterocycles. The fraction of sp³-hybridized carbons (Fsp3) is 0.333. The number of carbonyl (C=O) groups is 2. The average Bonchev–Trinajstić information content (AvgIpc) is 3.01. The van der Waals surface area contributed by atoms with E-state index in [4.69, 9.17) is 0 Å². The van der Waals surface area contributed by atoms with E-state index in [2.05, 4.69) is 44.5 Å². The van der Waals surface area contributed by atoms with E-state index in [1.807, 2.05) is 6.92 Å². The van der Waals surface area contributed by atoms with Crippen LogP contribution in [0, 0.1) is 6.92 Å². The van der Waals surface area contributed by atoms with E-state index in [1.54, 1.807) is 11.8 Å². The summed E-state index contributed by atoms with van der Waals surface area (Å²) in [6, 6.07) is 8.25. The SMILES string of the molecule is COC(=O)CSc1nnc(NC(=O)CSCc2ccc(C)cc2)s1. The van der Waals surface area contributed by atoms with E-state index in [0.717, 1.165) is 5.75 Å². The van der Waals surface area contributed by atoms with Crippen molar-refractivity contribution >= 4 is 51.9 Å². The second kappa shape index (κ2) is 9.65. The van der Waals surface area contributed by atoms with Gasteiger partial charge in [-0.15, -0.1) is 22.0 Å². The first-order valence-corrected chi connectivity index (χ1v) is 9.99. The van der Waals surface area contributed by atoms with Crippen LogP contribution in [0.4, 0.5) is 5.13 Å². The molecule has 9 heteroatoms. The predicted octanol–water partition coefficient (Wildman–Crippen LogP) is 2.98. The fourth-order valence-corrected chi connectivity index (χ4v) is 3.99. The highest BCUT2D eigenvalue weighted by atomic mass is 32.2. The number of aryl methyl sites for hydroxylation is 1. The molecule has 0 aliphatic heterocycles. The van der Waals surface area contributed by atoms with Crippen molar-refractivity contribution < 1.29 is 14.3 Å². The standard InChI is InChI=1S/C15H17N3O3S3/c1-10-3-5-11(6-4-10)7-22-8-12(19)16-14-17-18-15(24-14)23-9-13(20)21-2/h3-6H,7-9H2,1-2H3,(H,16,17,19). The van der Waals surface area contributed by atoms with Gasteiger partial charge in [-0.3, -0.25) is 14.9 Å². The molecule has 0 aliphatic carbocycles. The van der Waals surface area contributed by atoms with Crippen molar-refractivity contribution in [2.45, 2.75) is 17.0 Å². The maximum Gasteiger partial charge on any atom is 0.316 e. The lowest BCUT2D eigenvalue weighted by atomic mass is 10.2. The van der Waals surface area contributed by atoms with E-state index in [-0.39, 0.29) is 17.6 Å². The summed E-state index contributed by atoms with van der Waals surface area (Å²) in [6.45, 7) is 2.05. The molecule has 24 heavy (non-hydrogen) atoms. The molecule has 1 heterocycles. The number of nitrogens with one attached hydrogen (secondary N) is 1. The number of hydrogen-bond donors (Lipinski definition) is 1. The Hall–Kier alpha value is -1.58. The molecule has 0 fully saturated rings. The largest absolute Gasteiger partial charge is 0.468 e. The number of rotatable bonds is 8. The van der Waals surface area contributed by atoms with Gasteiger partial charge >= 0.3 is 5.97 Å². The first kappa shape index (κ1) is 18.8. The Balaban J connectivity index is 1.71. The van der Waals surface area contributed by atoms with Crippen LogP contribution in [-0.2, 0) is 20.1 Å². The van der Waals surface area contributed by atoms with Gasteiger partial charge < -0.3 is 4.74 Å². The van der Waals surface area contributed by atoms with Crippen molar-refractivity contribution in [2.24, 2.45) is 0 Å². The normalized spacial score (nSPS) is 10.4. The summed E-state index contributed by atoms with van der Waals surface area (Å²) in [7, 11) is 1.34. The molecule has 1 aromatic heterocycles. The number of amides is 1. The zero-order valence-corrected chi connectivity index (χ0v) is 15.7. The molecular formula is C15H17N3O3S3. The quantitative estimate of drug-likeness (QED) is 0.426. The molecule has 0 radical (unpaired) electrons. The van der Waals surface area contributed by atoms with E-state index in [0.29, 0.717) is 15.2 Å². The molecule has 2 aromatic rings. The maximum atomic E-state index is 11.9. The molecule has 0 spiro atoms. The van der Waals surface area contributed by atoms with Crippen molar-refractivity contribution in [3.63, 3.8) is 0 Å². The zero-order chi connectivity index (χ0) is 17.4. The highest BCUT2D eigenvalue weighted by molar-refractivity contribution is 8.01. The van der Waals surface area contributed by atoms with Gasteiger partial charge in [0.25, 0.3) is 0 Å². The molecule has 1 aromatic carbocycles. The van der Waals surface area contributed by atoms with Gasteiger partial charge in [-0.05, 0) is 12.5 Å². The van der Waals surface area contributed by atoms with Gasteiger partial charge in [0.2, 0.25) is 11.0 Å². The minimum atomic E-state index is -0.326. The van der Waals surface area contributed by atoms with Gasteiger partial charge in [0, 0.05) is 5.75 Å². The third kappa shape index (κ3) is 6.50. The zero-order valence-electron chi connectivity index (χ0n) is 13.3. The Morgan fingerprint density at radius 3 is 2.67 bits per heavy atom. The number of carbonyl (C=O) groups excluding carboxylic acids is 2. The Morgan fingerprint density at radius 1 is 1.21 bits per heavy atom. The minimum absolute atomic E-state index is 0.118. The topological polar surface area (TPSA) is 81.2 Å². The molecule has 6 nitrogen and oxygen atoms in total. The molecule has 0 aliphatic rings. The number of ether oxygens (including phenoxy) is 1. The lowest BCUT2D eigenvalue weighted by Crippen LogP contribution is -2.13. The van der Waals surface area contributed by atoms with Crippen LogP contribution in [0.2, 0.25) is 0 Å². The maximum absolute atomic E-state index is 11.9. The number of benzene rings is 1. The fourth-order valence-electron chi connectivity index (χ4n) is 1.60. The van der Waals surface area contributed by atoms with Crippen LogP contribution in [0.3, 0.4) is 0 Å². The van der Waals surface area contributed by atoms with Gasteiger partial charge in [0.05, 0.1) is 18.6 Å². The van der Waals surface area contributed by atoms with E-state index < -0.39 is 0 Å². The predicted molar refractivity (Wildman–Crippen MR) is 98.6 cm³/mol. The average molecular weight is 384 g/mol. The highest BCUT2D eigenvalue weighted by Gasteiger charge is 2.10. The molecule has 0 atom stereocenters. The summed E-state index contributed by atoms with van der Waals surface area (Å²) in [6.07, 6.45) is 0. The van der Waals surface area contributed by atoms with Gasteiger partial charge in [-0.2, -0.15) is 0 Å². The summed E-state index contributed by atoms with van der Waals surface area (Å²) in [5, 5.41) is 11.0. The van der Waals surface area contributed by atoms with Crippen LogP contribution < -0.4 is 5.32 Å². The number of methoxy groups -OCH3 is 1. The Bertz CT molecular complexity index is 689. The summed E-state index contributed by atoms with van der Waals surface area (Å²) in [5.74, 6) is 0.856. The first-order valence-electron chi connectivity index (χ1n) is 7.03. The van der Waals surface area contributed by atoms with Crippen molar-refractivity contribution in [3.05, 3.63) is 35.4 Å². The van der Waals surface area contributed by atoms with Crippen LogP contribution in [0.1, 0.15) is 11.1 Å². The Kier molecular flexibility index (Phi) is 7.54. The van der Waals surface area contributed by atoms with E-state index >= 15 is 0 Å². The molecule has 1 N–H and O–H groups in total. The summed E-state index contributed by atoms with van der Waals surface area (Å²) in [5.41, 5.74) is 2.41. The molecule has 0 unspecified atom stereocenters. The van der Waals surface area contributed by atoms with Gasteiger partial charge in [-0.1, -0.05) is 52.9 Å². The van der Waals surface area contributed by atoms with Crippen LogP contribution in [0.5, 0.6) is 0 Å². The van der Waals surface area contributed by atoms with Crippen LogP contribution >= 0.6 is 34.9 Å². The van der Waals surface area contributed by atoms with Crippen molar-refractivity contribution in [3.8, 4) is 0 Å². The molecule has 0 bridgehead atoms. The lowest BCUT2D eigenvalue weighted by Gasteiger charge is -2.02. The number of anilines is 1.